The van der Waals surface area contributed by atoms with Gasteiger partial charge in [0, 0.05) is 12.3 Å². The molecule has 4 aliphatic rings. The normalized spacial score (nSPS) is 42.7. The molecule has 0 heterocycles. The molecule has 3 heteroatoms. The zero-order valence-corrected chi connectivity index (χ0v) is 21.2. The lowest BCUT2D eigenvalue weighted by Gasteiger charge is -2.60. The van der Waals surface area contributed by atoms with Crippen LogP contribution in [0.15, 0.2) is 11.8 Å². The largest absolute Gasteiger partial charge is 0.499 e. The van der Waals surface area contributed by atoms with Gasteiger partial charge in [-0.3, -0.25) is 4.79 Å². The average molecular weight is 445 g/mol. The van der Waals surface area contributed by atoms with Crippen molar-refractivity contribution in [2.24, 2.45) is 46.3 Å². The van der Waals surface area contributed by atoms with E-state index >= 15 is 0 Å². The molecular weight excluding hydrogens is 396 g/mol. The predicted octanol–water partition coefficient (Wildman–Crippen LogP) is 6.93. The Hall–Kier alpha value is -0.830. The Kier molecular flexibility index (Phi) is 7.45. The number of ketones is 1. The highest BCUT2D eigenvalue weighted by Gasteiger charge is 2.62. The van der Waals surface area contributed by atoms with Crippen LogP contribution < -0.4 is 0 Å². The first-order chi connectivity index (χ1) is 15.3. The van der Waals surface area contributed by atoms with Crippen LogP contribution in [0, 0.1) is 46.3 Å². The highest BCUT2D eigenvalue weighted by molar-refractivity contribution is 5.83. The summed E-state index contributed by atoms with van der Waals surface area (Å²) >= 11 is 0. The van der Waals surface area contributed by atoms with E-state index in [1.165, 1.54) is 69.8 Å². The summed E-state index contributed by atoms with van der Waals surface area (Å²) in [6, 6.07) is 0. The summed E-state index contributed by atoms with van der Waals surface area (Å²) in [6.45, 7) is 10.2. The van der Waals surface area contributed by atoms with E-state index in [1.807, 2.05) is 6.26 Å². The molecule has 0 aromatic heterocycles. The fraction of sp³-hybridized carbons (Fsp3) is 0.897. The summed E-state index contributed by atoms with van der Waals surface area (Å²) in [5, 5.41) is 8.85. The molecule has 0 amide bonds. The van der Waals surface area contributed by atoms with Gasteiger partial charge in [-0.05, 0) is 104 Å². The predicted molar refractivity (Wildman–Crippen MR) is 130 cm³/mol. The molecule has 1 unspecified atom stereocenters. The van der Waals surface area contributed by atoms with Gasteiger partial charge < -0.3 is 9.84 Å². The summed E-state index contributed by atoms with van der Waals surface area (Å²) in [6.07, 6.45) is 16.9. The van der Waals surface area contributed by atoms with Crippen LogP contribution in [0.3, 0.4) is 0 Å². The lowest BCUT2D eigenvalue weighted by Crippen LogP contribution is -2.56. The second-order valence-electron chi connectivity index (χ2n) is 12.5. The molecule has 4 aliphatic carbocycles. The van der Waals surface area contributed by atoms with E-state index in [2.05, 4.69) is 27.7 Å². The highest BCUT2D eigenvalue weighted by atomic mass is 16.5. The summed E-state index contributed by atoms with van der Waals surface area (Å²) < 4.78 is 5.35. The minimum absolute atomic E-state index is 0.0758. The lowest BCUT2D eigenvalue weighted by molar-refractivity contribution is -0.156. The van der Waals surface area contributed by atoms with E-state index < -0.39 is 0 Å². The molecule has 3 nitrogen and oxygen atoms in total. The van der Waals surface area contributed by atoms with Crippen LogP contribution in [0.4, 0.5) is 0 Å². The van der Waals surface area contributed by atoms with Crippen LogP contribution in [-0.4, -0.2) is 24.1 Å². The van der Waals surface area contributed by atoms with Crippen molar-refractivity contribution in [2.45, 2.75) is 105 Å². The van der Waals surface area contributed by atoms with Crippen molar-refractivity contribution in [1.82, 2.24) is 0 Å². The van der Waals surface area contributed by atoms with Crippen molar-refractivity contribution in [3.8, 4) is 0 Å². The third kappa shape index (κ3) is 4.32. The van der Waals surface area contributed by atoms with Crippen molar-refractivity contribution in [1.29, 1.82) is 0 Å². The van der Waals surface area contributed by atoms with Crippen molar-refractivity contribution in [3.05, 3.63) is 11.8 Å². The SMILES string of the molecule is CC(=COCCO)CCC[C@@H](C)[C@H]1CC[C@H]2[C@@H]3C(=O)CC4CCCC[C@]4(C)[C@H]3CC[C@]12C. The topological polar surface area (TPSA) is 46.5 Å². The maximum atomic E-state index is 13.5. The zero-order valence-electron chi connectivity index (χ0n) is 21.2. The first kappa shape index (κ1) is 24.3. The molecule has 8 atom stereocenters. The maximum absolute atomic E-state index is 13.5. The Morgan fingerprint density at radius 3 is 2.69 bits per heavy atom. The van der Waals surface area contributed by atoms with Crippen LogP contribution in [-0.2, 0) is 9.53 Å². The lowest BCUT2D eigenvalue weighted by atomic mass is 9.44. The summed E-state index contributed by atoms with van der Waals surface area (Å²) in [5.41, 5.74) is 2.07. The number of Topliss-reactive ketones (excluding diaryl/α,β-unsaturated/α-hetero) is 1. The van der Waals surface area contributed by atoms with Crippen LogP contribution in [0.1, 0.15) is 105 Å². The molecule has 0 radical (unpaired) electrons. The number of aliphatic hydroxyl groups is 1. The summed E-state index contributed by atoms with van der Waals surface area (Å²) in [4.78, 5) is 13.5. The van der Waals surface area contributed by atoms with Gasteiger partial charge >= 0.3 is 0 Å². The van der Waals surface area contributed by atoms with Crippen molar-refractivity contribution < 1.29 is 14.6 Å². The monoisotopic (exact) mass is 444 g/mol. The third-order valence-corrected chi connectivity index (χ3v) is 10.9. The number of carbonyl (C=O) groups is 1. The fourth-order valence-electron chi connectivity index (χ4n) is 9.15. The van der Waals surface area contributed by atoms with Crippen LogP contribution in [0.2, 0.25) is 0 Å². The highest BCUT2D eigenvalue weighted by Crippen LogP contribution is 2.67. The number of fused-ring (bicyclic) bond motifs is 5. The molecule has 0 aromatic rings. The molecule has 1 N–H and O–H groups in total. The van der Waals surface area contributed by atoms with Crippen LogP contribution in [0.25, 0.3) is 0 Å². The van der Waals surface area contributed by atoms with Gasteiger partial charge in [0.15, 0.2) is 0 Å². The molecule has 0 aliphatic heterocycles. The first-order valence-electron chi connectivity index (χ1n) is 13.7. The zero-order chi connectivity index (χ0) is 22.9. The number of allylic oxidation sites excluding steroid dienone is 1. The minimum atomic E-state index is 0.0758. The van der Waals surface area contributed by atoms with E-state index in [4.69, 9.17) is 9.84 Å². The molecule has 4 fully saturated rings. The van der Waals surface area contributed by atoms with Crippen molar-refractivity contribution in [2.75, 3.05) is 13.2 Å². The van der Waals surface area contributed by atoms with Gasteiger partial charge in [-0.2, -0.15) is 0 Å². The first-order valence-corrected chi connectivity index (χ1v) is 13.7. The Morgan fingerprint density at radius 2 is 1.91 bits per heavy atom. The Balaban J connectivity index is 1.40. The van der Waals surface area contributed by atoms with Gasteiger partial charge in [-0.25, -0.2) is 0 Å². The third-order valence-electron chi connectivity index (χ3n) is 10.9. The van der Waals surface area contributed by atoms with Gasteiger partial charge in [-0.15, -0.1) is 0 Å². The molecule has 0 bridgehead atoms. The van der Waals surface area contributed by atoms with Crippen LogP contribution >= 0.6 is 0 Å². The molecule has 0 spiro atoms. The molecule has 4 saturated carbocycles. The number of rotatable bonds is 8. The Morgan fingerprint density at radius 1 is 1.12 bits per heavy atom. The van der Waals surface area contributed by atoms with Gasteiger partial charge in [0.1, 0.15) is 12.4 Å². The molecule has 0 aromatic carbocycles. The molecule has 182 valence electrons. The number of hydrogen-bond donors (Lipinski definition) is 1. The maximum Gasteiger partial charge on any atom is 0.136 e. The molecule has 4 rings (SSSR count). The Bertz CT molecular complexity index is 699. The van der Waals surface area contributed by atoms with Crippen molar-refractivity contribution >= 4 is 5.78 Å². The quantitative estimate of drug-likeness (QED) is 0.326. The number of hydrogen-bond acceptors (Lipinski definition) is 3. The van der Waals surface area contributed by atoms with E-state index in [1.54, 1.807) is 0 Å². The second kappa shape index (κ2) is 9.80. The smallest absolute Gasteiger partial charge is 0.136 e. The van der Waals surface area contributed by atoms with E-state index in [9.17, 15) is 4.79 Å². The van der Waals surface area contributed by atoms with Gasteiger partial charge in [0.2, 0.25) is 0 Å². The van der Waals surface area contributed by atoms with E-state index in [0.717, 1.165) is 24.7 Å². The van der Waals surface area contributed by atoms with Crippen LogP contribution in [0.5, 0.6) is 0 Å². The summed E-state index contributed by atoms with van der Waals surface area (Å²) in [7, 11) is 0. The van der Waals surface area contributed by atoms with Crippen molar-refractivity contribution in [3.63, 3.8) is 0 Å². The molecule has 32 heavy (non-hydrogen) atoms. The number of aliphatic hydroxyl groups excluding tert-OH is 1. The molecule has 0 saturated heterocycles. The van der Waals surface area contributed by atoms with Gasteiger partial charge in [-0.1, -0.05) is 40.0 Å². The Labute approximate surface area is 196 Å². The number of carbonyl (C=O) groups excluding carboxylic acids is 1. The average Bonchev–Trinajstić information content (AvgIpc) is 3.11. The molecular formula is C29H48O3. The van der Waals surface area contributed by atoms with Gasteiger partial charge in [0.25, 0.3) is 0 Å². The van der Waals surface area contributed by atoms with Gasteiger partial charge in [0.05, 0.1) is 12.9 Å². The second-order valence-corrected chi connectivity index (χ2v) is 12.5. The standard InChI is InChI=1S/C29H48O3/c1-20(19-32-17-16-30)8-7-9-21(2)23-11-12-24-27-25(13-15-29(23,24)4)28(3)14-6-5-10-22(28)18-26(27)31/h19,21-25,27,30H,5-18H2,1-4H3/t21-,22?,23-,24+,25+,27+,28+,29-/m1/s1. The van der Waals surface area contributed by atoms with E-state index in [-0.39, 0.29) is 6.61 Å². The number of ether oxygens (including phenoxy) is 1. The summed E-state index contributed by atoms with van der Waals surface area (Å²) in [5.74, 6) is 4.47. The minimum Gasteiger partial charge on any atom is -0.499 e. The van der Waals surface area contributed by atoms with E-state index in [0.29, 0.717) is 46.9 Å². The fourth-order valence-corrected chi connectivity index (χ4v) is 9.15.